The van der Waals surface area contributed by atoms with E-state index in [9.17, 15) is 13.2 Å². The highest BCUT2D eigenvalue weighted by atomic mass is 32.2. The van der Waals surface area contributed by atoms with Crippen molar-refractivity contribution in [2.45, 2.75) is 42.9 Å². The number of aryl methyl sites for hydroxylation is 1. The minimum Gasteiger partial charge on any atom is -0.326 e. The number of anilines is 2. The van der Waals surface area contributed by atoms with Gasteiger partial charge in [-0.25, -0.2) is 23.1 Å². The van der Waals surface area contributed by atoms with Gasteiger partial charge in [-0.1, -0.05) is 18.2 Å². The highest BCUT2D eigenvalue weighted by Gasteiger charge is 2.44. The smallest absolute Gasteiger partial charge is 0.264 e. The molecule has 0 unspecified atom stereocenters. The zero-order valence-corrected chi connectivity index (χ0v) is 22.4. The molecule has 2 fully saturated rings. The molecule has 2 aliphatic rings. The van der Waals surface area contributed by atoms with E-state index in [1.807, 2.05) is 43.6 Å². The fourth-order valence-electron chi connectivity index (χ4n) is 5.32. The molecule has 3 heterocycles. The Morgan fingerprint density at radius 2 is 1.82 bits per heavy atom. The Morgan fingerprint density at radius 3 is 2.62 bits per heavy atom. The van der Waals surface area contributed by atoms with Crippen molar-refractivity contribution in [1.82, 2.24) is 20.3 Å². The van der Waals surface area contributed by atoms with Crippen LogP contribution < -0.4 is 15.4 Å². The van der Waals surface area contributed by atoms with Gasteiger partial charge in [-0.3, -0.25) is 9.78 Å². The summed E-state index contributed by atoms with van der Waals surface area (Å²) in [5, 5.41) is 8.44. The second-order valence-corrected chi connectivity index (χ2v) is 12.0. The van der Waals surface area contributed by atoms with Gasteiger partial charge in [0.1, 0.15) is 0 Å². The third-order valence-electron chi connectivity index (χ3n) is 7.63. The van der Waals surface area contributed by atoms with E-state index in [2.05, 4.69) is 30.3 Å². The number of nitrogens with zero attached hydrogens (tertiary/aromatic N) is 3. The number of sulfonamides is 1. The molecule has 200 valence electrons. The molecule has 39 heavy (non-hydrogen) atoms. The molecule has 0 spiro atoms. The van der Waals surface area contributed by atoms with Gasteiger partial charge in [0.2, 0.25) is 11.9 Å². The SMILES string of the molecule is Cc1cncc2ccc(NC(=O)[C@@H]3C[C@H]3c3ccc(S(=O)(=O)Nc4nccc(C5CCNCC5)n4)cc3)cc12. The zero-order chi connectivity index (χ0) is 27.0. The number of hydrogen-bond acceptors (Lipinski definition) is 7. The van der Waals surface area contributed by atoms with Crippen molar-refractivity contribution < 1.29 is 13.2 Å². The highest BCUT2D eigenvalue weighted by molar-refractivity contribution is 7.92. The lowest BCUT2D eigenvalue weighted by molar-refractivity contribution is -0.117. The standard InChI is InChI=1S/C29H30N6O3S/c1-18-16-31-17-21-2-5-22(14-24(18)21)33-28(36)26-15-25(26)19-3-6-23(7-4-19)39(37,38)35-29-32-13-10-27(34-29)20-8-11-30-12-9-20/h2-7,10,13-14,16-17,20,25-26,30H,8-9,11-12,15H2,1H3,(H,33,36)(H,32,34,35)/t25-,26+/m0/s1. The second kappa shape index (κ2) is 10.3. The molecule has 0 bridgehead atoms. The number of carbonyl (C=O) groups excluding carboxylic acids is 1. The first kappa shape index (κ1) is 25.4. The number of amides is 1. The minimum absolute atomic E-state index is 0.0322. The number of fused-ring (bicyclic) bond motifs is 1. The molecule has 1 saturated heterocycles. The number of benzene rings is 2. The van der Waals surface area contributed by atoms with Gasteiger partial charge in [-0.15, -0.1) is 0 Å². The van der Waals surface area contributed by atoms with Crippen molar-refractivity contribution in [2.24, 2.45) is 5.92 Å². The Morgan fingerprint density at radius 1 is 1.03 bits per heavy atom. The number of rotatable bonds is 7. The van der Waals surface area contributed by atoms with Crippen LogP contribution in [0.3, 0.4) is 0 Å². The molecule has 1 aliphatic carbocycles. The molecule has 6 rings (SSSR count). The summed E-state index contributed by atoms with van der Waals surface area (Å²) in [7, 11) is -3.85. The molecule has 2 aromatic heterocycles. The van der Waals surface area contributed by atoms with Gasteiger partial charge in [-0.05, 0) is 92.0 Å². The van der Waals surface area contributed by atoms with Crippen LogP contribution in [0, 0.1) is 12.8 Å². The third-order valence-corrected chi connectivity index (χ3v) is 8.98. The summed E-state index contributed by atoms with van der Waals surface area (Å²) < 4.78 is 28.5. The zero-order valence-electron chi connectivity index (χ0n) is 21.6. The van der Waals surface area contributed by atoms with Crippen molar-refractivity contribution in [3.8, 4) is 0 Å². The van der Waals surface area contributed by atoms with Crippen LogP contribution in [0.2, 0.25) is 0 Å². The third kappa shape index (κ3) is 5.48. The van der Waals surface area contributed by atoms with E-state index in [0.717, 1.165) is 65.6 Å². The lowest BCUT2D eigenvalue weighted by atomic mass is 9.94. The number of hydrogen-bond donors (Lipinski definition) is 3. The van der Waals surface area contributed by atoms with Gasteiger partial charge in [0.05, 0.1) is 4.90 Å². The molecule has 2 aromatic carbocycles. The maximum Gasteiger partial charge on any atom is 0.264 e. The van der Waals surface area contributed by atoms with Gasteiger partial charge in [0, 0.05) is 47.2 Å². The highest BCUT2D eigenvalue weighted by Crippen LogP contribution is 2.48. The summed E-state index contributed by atoms with van der Waals surface area (Å²) in [5.41, 5.74) is 3.61. The number of nitrogens with one attached hydrogen (secondary N) is 3. The fourth-order valence-corrected chi connectivity index (χ4v) is 6.27. The van der Waals surface area contributed by atoms with Crippen molar-refractivity contribution in [2.75, 3.05) is 23.1 Å². The quantitative estimate of drug-likeness (QED) is 0.317. The topological polar surface area (TPSA) is 126 Å². The predicted octanol–water partition coefficient (Wildman–Crippen LogP) is 4.34. The fraction of sp³-hybridized carbons (Fsp3) is 0.310. The molecule has 4 aromatic rings. The van der Waals surface area contributed by atoms with Gasteiger partial charge in [-0.2, -0.15) is 0 Å². The van der Waals surface area contributed by atoms with Gasteiger partial charge < -0.3 is 10.6 Å². The van der Waals surface area contributed by atoms with Crippen LogP contribution in [0.15, 0.2) is 72.0 Å². The minimum atomic E-state index is -3.85. The molecule has 1 saturated carbocycles. The average molecular weight is 543 g/mol. The van der Waals surface area contributed by atoms with Gasteiger partial charge in [0.15, 0.2) is 0 Å². The number of pyridine rings is 1. The Labute approximate surface area is 227 Å². The molecule has 2 atom stereocenters. The molecule has 1 amide bonds. The summed E-state index contributed by atoms with van der Waals surface area (Å²) in [6.07, 6.45) is 7.87. The van der Waals surface area contributed by atoms with E-state index in [4.69, 9.17) is 0 Å². The summed E-state index contributed by atoms with van der Waals surface area (Å²) in [6.45, 7) is 3.84. The summed E-state index contributed by atoms with van der Waals surface area (Å²) in [6, 6.07) is 14.4. The van der Waals surface area contributed by atoms with Crippen molar-refractivity contribution in [3.05, 3.63) is 83.9 Å². The van der Waals surface area contributed by atoms with Crippen molar-refractivity contribution >= 4 is 38.3 Å². The van der Waals surface area contributed by atoms with Crippen molar-refractivity contribution in [3.63, 3.8) is 0 Å². The lowest BCUT2D eigenvalue weighted by Gasteiger charge is -2.22. The number of piperidine rings is 1. The van der Waals surface area contributed by atoms with E-state index < -0.39 is 10.0 Å². The van der Waals surface area contributed by atoms with Gasteiger partial charge >= 0.3 is 0 Å². The maximum atomic E-state index is 13.0. The van der Waals surface area contributed by atoms with Crippen LogP contribution in [0.4, 0.5) is 11.6 Å². The summed E-state index contributed by atoms with van der Waals surface area (Å²) in [5.74, 6) is 0.254. The molecule has 0 radical (unpaired) electrons. The monoisotopic (exact) mass is 542 g/mol. The first-order valence-corrected chi connectivity index (χ1v) is 14.7. The van der Waals surface area contributed by atoms with Crippen LogP contribution >= 0.6 is 0 Å². The molecule has 3 N–H and O–H groups in total. The molecule has 10 heteroatoms. The molecular formula is C29H30N6O3S. The van der Waals surface area contributed by atoms with Crippen LogP contribution in [-0.2, 0) is 14.8 Å². The lowest BCUT2D eigenvalue weighted by Crippen LogP contribution is -2.27. The first-order valence-electron chi connectivity index (χ1n) is 13.2. The first-order chi connectivity index (χ1) is 18.9. The number of aromatic nitrogens is 3. The van der Waals surface area contributed by atoms with Crippen LogP contribution in [0.5, 0.6) is 0 Å². The molecule has 9 nitrogen and oxygen atoms in total. The van der Waals surface area contributed by atoms with Crippen LogP contribution in [0.25, 0.3) is 10.8 Å². The Balaban J connectivity index is 1.09. The van der Waals surface area contributed by atoms with E-state index in [1.54, 1.807) is 30.5 Å². The van der Waals surface area contributed by atoms with E-state index in [1.165, 1.54) is 0 Å². The normalized spacial score (nSPS) is 19.5. The van der Waals surface area contributed by atoms with E-state index in [-0.39, 0.29) is 28.6 Å². The van der Waals surface area contributed by atoms with Crippen LogP contribution in [0.1, 0.15) is 47.9 Å². The molecular weight excluding hydrogens is 512 g/mol. The van der Waals surface area contributed by atoms with E-state index >= 15 is 0 Å². The predicted molar refractivity (Wildman–Crippen MR) is 150 cm³/mol. The summed E-state index contributed by atoms with van der Waals surface area (Å²) in [4.78, 5) is 25.8. The van der Waals surface area contributed by atoms with Crippen LogP contribution in [-0.4, -0.2) is 42.4 Å². The van der Waals surface area contributed by atoms with Crippen molar-refractivity contribution in [1.29, 1.82) is 0 Å². The average Bonchev–Trinajstić information content (AvgIpc) is 3.76. The Hall–Kier alpha value is -3.89. The second-order valence-electron chi connectivity index (χ2n) is 10.3. The van der Waals surface area contributed by atoms with Gasteiger partial charge in [0.25, 0.3) is 10.0 Å². The van der Waals surface area contributed by atoms with E-state index in [0.29, 0.717) is 5.92 Å². The number of carbonyl (C=O) groups is 1. The largest absolute Gasteiger partial charge is 0.326 e. The Bertz CT molecular complexity index is 1630. The molecule has 1 aliphatic heterocycles. The summed E-state index contributed by atoms with van der Waals surface area (Å²) >= 11 is 0. The Kier molecular flexibility index (Phi) is 6.74. The maximum absolute atomic E-state index is 13.0.